The largest absolute Gasteiger partial charge is 0.480 e. The number of hydrogen-bond acceptors (Lipinski definition) is 7. The van der Waals surface area contributed by atoms with Crippen molar-refractivity contribution in [3.63, 3.8) is 0 Å². The second kappa shape index (κ2) is 15.3. The third-order valence-corrected chi connectivity index (χ3v) is 4.86. The highest BCUT2D eigenvalue weighted by Gasteiger charge is 2.26. The summed E-state index contributed by atoms with van der Waals surface area (Å²) < 4.78 is 5.13. The Morgan fingerprint density at radius 3 is 2.52 bits per heavy atom. The Hall–Kier alpha value is -3.55. The minimum atomic E-state index is -1.19. The van der Waals surface area contributed by atoms with Crippen molar-refractivity contribution in [1.82, 2.24) is 16.0 Å². The van der Waals surface area contributed by atoms with Crippen molar-refractivity contribution in [2.75, 3.05) is 18.6 Å². The van der Waals surface area contributed by atoms with Gasteiger partial charge in [-0.1, -0.05) is 30.3 Å². The number of benzene rings is 1. The molecule has 0 unspecified atom stereocenters. The lowest BCUT2D eigenvalue weighted by molar-refractivity contribution is -0.485. The number of nitrogens with zero attached hydrogens (tertiary/aromatic N) is 2. The van der Waals surface area contributed by atoms with E-state index in [0.717, 1.165) is 5.56 Å². The predicted molar refractivity (Wildman–Crippen MR) is 122 cm³/mol. The molecular weight excluding hydrogens is 456 g/mol. The van der Waals surface area contributed by atoms with Crippen LogP contribution in [0.15, 0.2) is 35.4 Å². The van der Waals surface area contributed by atoms with Gasteiger partial charge < -0.3 is 31.5 Å². The number of nitro groups is 1. The third kappa shape index (κ3) is 12.2. The quantitative estimate of drug-likeness (QED) is 0.0813. The lowest BCUT2D eigenvalue weighted by Crippen LogP contribution is -2.52. The van der Waals surface area contributed by atoms with Crippen LogP contribution in [-0.2, 0) is 20.9 Å². The summed E-state index contributed by atoms with van der Waals surface area (Å²) in [5.74, 6) is -1.76. The van der Waals surface area contributed by atoms with Gasteiger partial charge in [-0.05, 0) is 36.8 Å². The van der Waals surface area contributed by atoms with E-state index in [1.807, 2.05) is 12.3 Å². The van der Waals surface area contributed by atoms with Gasteiger partial charge >= 0.3 is 12.1 Å². The van der Waals surface area contributed by atoms with Crippen molar-refractivity contribution < 1.29 is 29.3 Å². The number of nitrogens with one attached hydrogen (secondary N) is 3. The van der Waals surface area contributed by atoms with Crippen LogP contribution in [-0.4, -0.2) is 64.7 Å². The van der Waals surface area contributed by atoms with Gasteiger partial charge in [0, 0.05) is 6.54 Å². The molecule has 13 nitrogen and oxygen atoms in total. The van der Waals surface area contributed by atoms with E-state index in [-0.39, 0.29) is 32.4 Å². The summed E-state index contributed by atoms with van der Waals surface area (Å²) in [6.07, 6.45) is 1.52. The molecule has 0 radical (unpaired) electrons. The molecule has 0 aliphatic heterocycles. The van der Waals surface area contributed by atoms with Crippen LogP contribution in [0.4, 0.5) is 4.79 Å². The van der Waals surface area contributed by atoms with E-state index < -0.39 is 41.0 Å². The van der Waals surface area contributed by atoms with E-state index in [9.17, 15) is 29.6 Å². The van der Waals surface area contributed by atoms with Crippen LogP contribution in [0.1, 0.15) is 24.8 Å². The smallest absolute Gasteiger partial charge is 0.408 e. The molecule has 0 bridgehead atoms. The van der Waals surface area contributed by atoms with Crippen molar-refractivity contribution in [3.8, 4) is 0 Å². The maximum absolute atomic E-state index is 12.7. The normalized spacial score (nSPS) is 12.8. The lowest BCUT2D eigenvalue weighted by Gasteiger charge is -2.21. The summed E-state index contributed by atoms with van der Waals surface area (Å²) in [7, 11) is 0. The molecule has 1 rings (SSSR count). The molecule has 0 saturated heterocycles. The van der Waals surface area contributed by atoms with Gasteiger partial charge in [0.1, 0.15) is 23.8 Å². The van der Waals surface area contributed by atoms with Gasteiger partial charge in [0.15, 0.2) is 5.03 Å². The van der Waals surface area contributed by atoms with Gasteiger partial charge in [0.2, 0.25) is 5.91 Å². The second-order valence-electron chi connectivity index (χ2n) is 6.73. The summed E-state index contributed by atoms with van der Waals surface area (Å²) in [4.78, 5) is 46.6. The molecule has 0 spiro atoms. The van der Waals surface area contributed by atoms with Crippen molar-refractivity contribution in [1.29, 1.82) is 0 Å². The average molecular weight is 485 g/mol. The minimum Gasteiger partial charge on any atom is -0.480 e. The van der Waals surface area contributed by atoms with Gasteiger partial charge in [-0.2, -0.15) is 11.8 Å². The zero-order valence-electron chi connectivity index (χ0n) is 18.1. The SMILES string of the molecule is CSCC[C@H](NC(=O)[C@H](CCCN/C(N)=N/[N+](=O)[O-])NC(=O)OCc1ccccc1)C(=O)O. The maximum Gasteiger partial charge on any atom is 0.408 e. The molecule has 0 fully saturated rings. The summed E-state index contributed by atoms with van der Waals surface area (Å²) in [6, 6.07) is 6.71. The molecule has 14 heteroatoms. The van der Waals surface area contributed by atoms with Gasteiger partial charge in [-0.25, -0.2) is 19.7 Å². The predicted octanol–water partition coefficient (Wildman–Crippen LogP) is 0.480. The number of guanidine groups is 1. The number of ether oxygens (including phenoxy) is 1. The van der Waals surface area contributed by atoms with Crippen LogP contribution in [0.3, 0.4) is 0 Å². The van der Waals surface area contributed by atoms with E-state index in [0.29, 0.717) is 5.75 Å². The zero-order chi connectivity index (χ0) is 24.6. The first kappa shape index (κ1) is 27.5. The number of hydrazone groups is 1. The standard InChI is InChI=1S/C19H28N6O7S/c1-33-11-9-15(17(27)28)22-16(26)14(8-5-10-21-18(20)24-25(30)31)23-19(29)32-12-13-6-3-2-4-7-13/h2-4,6-7,14-15H,5,8-12H2,1H3,(H,22,26)(H,23,29)(H,27,28)(H3,20,21,24)/t14-,15-/m0/s1. The molecule has 0 aliphatic rings. The molecule has 0 heterocycles. The Bertz CT molecular complexity index is 824. The van der Waals surface area contributed by atoms with Gasteiger partial charge in [0.25, 0.3) is 5.96 Å². The summed E-state index contributed by atoms with van der Waals surface area (Å²) in [6.45, 7) is 0.116. The first-order chi connectivity index (χ1) is 15.7. The molecule has 1 aromatic carbocycles. The number of rotatable bonds is 14. The minimum absolute atomic E-state index is 0.0120. The fourth-order valence-corrected chi connectivity index (χ4v) is 3.06. The van der Waals surface area contributed by atoms with E-state index in [1.54, 1.807) is 24.3 Å². The number of carboxylic acids is 1. The van der Waals surface area contributed by atoms with Gasteiger partial charge in [-0.3, -0.25) is 4.79 Å². The summed E-state index contributed by atoms with van der Waals surface area (Å²) in [5.41, 5.74) is 6.08. The molecule has 2 atom stereocenters. The van der Waals surface area contributed by atoms with Crippen molar-refractivity contribution in [2.45, 2.75) is 38.0 Å². The lowest BCUT2D eigenvalue weighted by atomic mass is 10.1. The van der Waals surface area contributed by atoms with E-state index in [1.165, 1.54) is 11.8 Å². The maximum atomic E-state index is 12.7. The Morgan fingerprint density at radius 1 is 1.21 bits per heavy atom. The molecule has 2 amide bonds. The second-order valence-corrected chi connectivity index (χ2v) is 7.72. The van der Waals surface area contributed by atoms with Crippen molar-refractivity contribution >= 4 is 35.7 Å². The number of nitrogens with two attached hydrogens (primary N) is 1. The van der Waals surface area contributed by atoms with E-state index >= 15 is 0 Å². The van der Waals surface area contributed by atoms with Crippen LogP contribution in [0.25, 0.3) is 0 Å². The fourth-order valence-electron chi connectivity index (χ4n) is 2.59. The molecule has 0 saturated carbocycles. The third-order valence-electron chi connectivity index (χ3n) is 4.21. The molecule has 33 heavy (non-hydrogen) atoms. The first-order valence-corrected chi connectivity index (χ1v) is 11.3. The van der Waals surface area contributed by atoms with Gasteiger partial charge in [0.05, 0.1) is 0 Å². The number of carboxylic acid groups (broad SMARTS) is 1. The number of carbonyl (C=O) groups excluding carboxylic acids is 2. The number of aliphatic carboxylic acids is 1. The van der Waals surface area contributed by atoms with Crippen LogP contribution in [0.2, 0.25) is 0 Å². The van der Waals surface area contributed by atoms with Crippen LogP contribution in [0.5, 0.6) is 0 Å². The Morgan fingerprint density at radius 2 is 1.91 bits per heavy atom. The van der Waals surface area contributed by atoms with Crippen LogP contribution in [0, 0.1) is 10.1 Å². The molecule has 0 aromatic heterocycles. The topological polar surface area (TPSA) is 198 Å². The van der Waals surface area contributed by atoms with Gasteiger partial charge in [-0.15, -0.1) is 0 Å². The highest BCUT2D eigenvalue weighted by molar-refractivity contribution is 7.98. The van der Waals surface area contributed by atoms with Crippen LogP contribution < -0.4 is 21.7 Å². The summed E-state index contributed by atoms with van der Waals surface area (Å²) in [5, 5.41) is 28.9. The molecule has 182 valence electrons. The molecule has 1 aromatic rings. The molecule has 6 N–H and O–H groups in total. The number of carbonyl (C=O) groups is 3. The Balaban J connectivity index is 2.72. The molecule has 0 aliphatic carbocycles. The highest BCUT2D eigenvalue weighted by atomic mass is 32.2. The Labute approximate surface area is 194 Å². The monoisotopic (exact) mass is 484 g/mol. The number of thioether (sulfide) groups is 1. The number of amides is 2. The summed E-state index contributed by atoms with van der Waals surface area (Å²) >= 11 is 1.44. The van der Waals surface area contributed by atoms with E-state index in [4.69, 9.17) is 10.5 Å². The van der Waals surface area contributed by atoms with Crippen molar-refractivity contribution in [2.24, 2.45) is 10.8 Å². The average Bonchev–Trinajstić information content (AvgIpc) is 2.77. The highest BCUT2D eigenvalue weighted by Crippen LogP contribution is 2.05. The van der Waals surface area contributed by atoms with Crippen LogP contribution >= 0.6 is 11.8 Å². The molecular formula is C19H28N6O7S. The number of hydrogen-bond donors (Lipinski definition) is 5. The first-order valence-electron chi connectivity index (χ1n) is 9.94. The van der Waals surface area contributed by atoms with E-state index in [2.05, 4.69) is 21.1 Å². The Kier molecular flexibility index (Phi) is 12.7. The fraction of sp³-hybridized carbons (Fsp3) is 0.474. The number of alkyl carbamates (subject to hydrolysis) is 1. The zero-order valence-corrected chi connectivity index (χ0v) is 18.9. The van der Waals surface area contributed by atoms with Crippen molar-refractivity contribution in [3.05, 3.63) is 46.0 Å².